The lowest BCUT2D eigenvalue weighted by Crippen LogP contribution is -2.52. The predicted molar refractivity (Wildman–Crippen MR) is 140 cm³/mol. The van der Waals surface area contributed by atoms with Crippen LogP contribution in [0.1, 0.15) is 79.2 Å². The van der Waals surface area contributed by atoms with Crippen LogP contribution in [-0.2, 0) is 30.2 Å². The van der Waals surface area contributed by atoms with Crippen molar-refractivity contribution in [1.29, 1.82) is 0 Å². The maximum Gasteiger partial charge on any atom is 0.514 e. The maximum absolute atomic E-state index is 12.3. The largest absolute Gasteiger partial charge is 0.514 e. The van der Waals surface area contributed by atoms with Crippen LogP contribution in [0.15, 0.2) is 18.2 Å². The third-order valence-corrected chi connectivity index (χ3v) is 5.75. The minimum absolute atomic E-state index is 0.141. The first-order valence-corrected chi connectivity index (χ1v) is 13.1. The second-order valence-electron chi connectivity index (χ2n) is 9.38. The summed E-state index contributed by atoms with van der Waals surface area (Å²) < 4.78 is 30.8. The third-order valence-electron chi connectivity index (χ3n) is 5.75. The number of aliphatic carboxylic acids is 1. The molecule has 0 bridgehead atoms. The Labute approximate surface area is 229 Å². The Morgan fingerprint density at radius 3 is 1.90 bits per heavy atom. The van der Waals surface area contributed by atoms with Crippen molar-refractivity contribution in [2.75, 3.05) is 6.61 Å². The van der Waals surface area contributed by atoms with Gasteiger partial charge in [-0.25, -0.2) is 14.4 Å². The lowest BCUT2D eigenvalue weighted by molar-refractivity contribution is -0.144. The first-order chi connectivity index (χ1) is 18.3. The van der Waals surface area contributed by atoms with Crippen molar-refractivity contribution in [1.82, 2.24) is 0 Å². The number of hydrogen-bond acceptors (Lipinski definition) is 11. The molecule has 0 fully saturated rings. The van der Waals surface area contributed by atoms with Gasteiger partial charge in [0.1, 0.15) is 23.9 Å². The highest BCUT2D eigenvalue weighted by molar-refractivity contribution is 5.79. The summed E-state index contributed by atoms with van der Waals surface area (Å²) in [6.07, 6.45) is -2.55. The van der Waals surface area contributed by atoms with Crippen molar-refractivity contribution in [2.24, 2.45) is 5.73 Å². The number of carbonyl (C=O) groups excluding carboxylic acids is 3. The SMILES string of the molecule is CCCCOC(=O)O[C@@H](C)CC(N)(Cc1ccc(OC(=O)OC(C)CC)c(OC(=O)OC(C)CC)c1)C(=O)O. The highest BCUT2D eigenvalue weighted by Crippen LogP contribution is 2.32. The summed E-state index contributed by atoms with van der Waals surface area (Å²) in [6, 6.07) is 4.11. The molecule has 1 aromatic carbocycles. The minimum atomic E-state index is -1.87. The first kappa shape index (κ1) is 33.5. The molecule has 220 valence electrons. The van der Waals surface area contributed by atoms with Crippen LogP contribution in [-0.4, -0.2) is 60.0 Å². The molecule has 0 aromatic heterocycles. The van der Waals surface area contributed by atoms with Gasteiger partial charge in [0.2, 0.25) is 0 Å². The molecule has 0 heterocycles. The zero-order valence-electron chi connectivity index (χ0n) is 23.5. The van der Waals surface area contributed by atoms with Crippen LogP contribution < -0.4 is 15.2 Å². The molecule has 0 spiro atoms. The summed E-state index contributed by atoms with van der Waals surface area (Å²) in [5.74, 6) is -1.68. The van der Waals surface area contributed by atoms with E-state index in [1.807, 2.05) is 20.8 Å². The number of ether oxygens (including phenoxy) is 6. The number of hydrogen-bond donors (Lipinski definition) is 2. The summed E-state index contributed by atoms with van der Waals surface area (Å²) in [5, 5.41) is 9.88. The summed E-state index contributed by atoms with van der Waals surface area (Å²) in [4.78, 5) is 48.5. The van der Waals surface area contributed by atoms with E-state index in [4.69, 9.17) is 34.2 Å². The van der Waals surface area contributed by atoms with Crippen molar-refractivity contribution >= 4 is 24.4 Å². The fraction of sp³-hybridized carbons (Fsp3) is 0.630. The van der Waals surface area contributed by atoms with E-state index < -0.39 is 48.3 Å². The van der Waals surface area contributed by atoms with Crippen molar-refractivity contribution in [2.45, 2.75) is 104 Å². The Balaban J connectivity index is 3.14. The topological polar surface area (TPSA) is 170 Å². The summed E-state index contributed by atoms with van der Waals surface area (Å²) in [5.41, 5.74) is 4.70. The number of rotatable bonds is 15. The van der Waals surface area contributed by atoms with E-state index in [1.165, 1.54) is 25.1 Å². The molecule has 0 saturated carbocycles. The molecule has 0 radical (unpaired) electrons. The quantitative estimate of drug-likeness (QED) is 0.123. The van der Waals surface area contributed by atoms with E-state index in [0.29, 0.717) is 24.8 Å². The molecule has 0 aliphatic carbocycles. The fourth-order valence-corrected chi connectivity index (χ4v) is 3.20. The van der Waals surface area contributed by atoms with Crippen LogP contribution in [0.25, 0.3) is 0 Å². The van der Waals surface area contributed by atoms with Gasteiger partial charge in [-0.1, -0.05) is 33.3 Å². The average molecular weight is 556 g/mol. The summed E-state index contributed by atoms with van der Waals surface area (Å²) >= 11 is 0. The highest BCUT2D eigenvalue weighted by Gasteiger charge is 2.37. The first-order valence-electron chi connectivity index (χ1n) is 13.1. The average Bonchev–Trinajstić information content (AvgIpc) is 2.85. The van der Waals surface area contributed by atoms with Crippen LogP contribution in [0, 0.1) is 0 Å². The lowest BCUT2D eigenvalue weighted by Gasteiger charge is -2.28. The number of nitrogens with two attached hydrogens (primary N) is 1. The van der Waals surface area contributed by atoms with Crippen molar-refractivity contribution in [3.05, 3.63) is 23.8 Å². The van der Waals surface area contributed by atoms with Gasteiger partial charge in [-0.2, -0.15) is 0 Å². The molecule has 3 N–H and O–H groups in total. The zero-order chi connectivity index (χ0) is 29.6. The minimum Gasteiger partial charge on any atom is -0.480 e. The molecule has 4 atom stereocenters. The van der Waals surface area contributed by atoms with Gasteiger partial charge in [-0.3, -0.25) is 4.79 Å². The van der Waals surface area contributed by atoms with Crippen LogP contribution in [0.3, 0.4) is 0 Å². The molecule has 0 aliphatic heterocycles. The molecule has 0 amide bonds. The third kappa shape index (κ3) is 12.2. The van der Waals surface area contributed by atoms with Gasteiger partial charge in [0.05, 0.1) is 6.61 Å². The number of carboxylic acid groups (broad SMARTS) is 1. The fourth-order valence-electron chi connectivity index (χ4n) is 3.20. The summed E-state index contributed by atoms with van der Waals surface area (Å²) in [6.45, 7) is 10.6. The zero-order valence-corrected chi connectivity index (χ0v) is 23.5. The van der Waals surface area contributed by atoms with E-state index in [9.17, 15) is 24.3 Å². The molecule has 12 nitrogen and oxygen atoms in total. The second-order valence-corrected chi connectivity index (χ2v) is 9.38. The van der Waals surface area contributed by atoms with Crippen LogP contribution >= 0.6 is 0 Å². The maximum atomic E-state index is 12.3. The van der Waals surface area contributed by atoms with Gasteiger partial charge in [0, 0.05) is 12.8 Å². The normalized spacial score (nSPS) is 14.6. The van der Waals surface area contributed by atoms with E-state index in [2.05, 4.69) is 0 Å². The molecular formula is C27H41NO11. The van der Waals surface area contributed by atoms with Crippen LogP contribution in [0.2, 0.25) is 0 Å². The van der Waals surface area contributed by atoms with Crippen molar-refractivity contribution in [3.63, 3.8) is 0 Å². The van der Waals surface area contributed by atoms with Gasteiger partial charge >= 0.3 is 24.4 Å². The van der Waals surface area contributed by atoms with Crippen molar-refractivity contribution in [3.8, 4) is 11.5 Å². The monoisotopic (exact) mass is 555 g/mol. The summed E-state index contributed by atoms with van der Waals surface area (Å²) in [7, 11) is 0. The van der Waals surface area contributed by atoms with Gasteiger partial charge in [-0.15, -0.1) is 0 Å². The molecule has 0 saturated heterocycles. The molecule has 1 rings (SSSR count). The van der Waals surface area contributed by atoms with E-state index in [-0.39, 0.29) is 30.9 Å². The lowest BCUT2D eigenvalue weighted by atomic mass is 9.86. The second kappa shape index (κ2) is 16.4. The van der Waals surface area contributed by atoms with Gasteiger partial charge in [0.25, 0.3) is 0 Å². The number of benzene rings is 1. The number of unbranched alkanes of at least 4 members (excludes halogenated alkanes) is 1. The Bertz CT molecular complexity index is 967. The predicted octanol–water partition coefficient (Wildman–Crippen LogP) is 5.37. The van der Waals surface area contributed by atoms with E-state index >= 15 is 0 Å². The number of carboxylic acids is 1. The smallest absolute Gasteiger partial charge is 0.480 e. The number of carbonyl (C=O) groups is 4. The Kier molecular flexibility index (Phi) is 14.1. The van der Waals surface area contributed by atoms with Crippen LogP contribution in [0.4, 0.5) is 14.4 Å². The Morgan fingerprint density at radius 2 is 1.38 bits per heavy atom. The molecule has 39 heavy (non-hydrogen) atoms. The molecule has 1 aromatic rings. The molecule has 3 unspecified atom stereocenters. The van der Waals surface area contributed by atoms with Gasteiger partial charge in [-0.05, 0) is 57.7 Å². The van der Waals surface area contributed by atoms with Gasteiger partial charge in [0.15, 0.2) is 11.5 Å². The van der Waals surface area contributed by atoms with E-state index in [0.717, 1.165) is 6.42 Å². The standard InChI is InChI=1S/C27H41NO11/c1-7-10-13-34-24(31)37-19(6)15-27(28,23(29)30)16-20-11-12-21(38-25(32)35-17(4)8-2)22(14-20)39-26(33)36-18(5)9-3/h11-12,14,17-19H,7-10,13,15-16,28H2,1-6H3,(H,29,30)/t17?,18?,19-,27?/m0/s1. The van der Waals surface area contributed by atoms with E-state index in [1.54, 1.807) is 13.8 Å². The van der Waals surface area contributed by atoms with Gasteiger partial charge < -0.3 is 39.3 Å². The molecular weight excluding hydrogens is 514 g/mol. The highest BCUT2D eigenvalue weighted by atomic mass is 16.8. The van der Waals surface area contributed by atoms with Crippen LogP contribution in [0.5, 0.6) is 11.5 Å². The molecule has 12 heteroatoms. The Hall–Kier alpha value is -3.54. The Morgan fingerprint density at radius 1 is 0.846 bits per heavy atom. The molecule has 0 aliphatic rings. The van der Waals surface area contributed by atoms with Crippen molar-refractivity contribution < 1.29 is 52.7 Å².